The molecule has 0 radical (unpaired) electrons. The summed E-state index contributed by atoms with van der Waals surface area (Å²) in [6.07, 6.45) is 4.66. The lowest BCUT2D eigenvalue weighted by Gasteiger charge is -2.34. The van der Waals surface area contributed by atoms with Crippen molar-refractivity contribution in [3.8, 4) is 0 Å². The number of amides is 1. The molecule has 3 rings (SSSR count). The molecule has 3 heterocycles. The van der Waals surface area contributed by atoms with Crippen LogP contribution in [0.5, 0.6) is 0 Å². The average Bonchev–Trinajstić information content (AvgIpc) is 3.01. The number of piperazine rings is 1. The molecule has 0 spiro atoms. The summed E-state index contributed by atoms with van der Waals surface area (Å²) < 4.78 is 0. The van der Waals surface area contributed by atoms with E-state index in [1.807, 2.05) is 4.90 Å². The predicted octanol–water partition coefficient (Wildman–Crippen LogP) is 1.50. The molecule has 2 aromatic heterocycles. The molecule has 1 fully saturated rings. The Bertz CT molecular complexity index is 550. The molecule has 104 valence electrons. The molecule has 2 aromatic rings. The second-order valence-electron chi connectivity index (χ2n) is 4.79. The summed E-state index contributed by atoms with van der Waals surface area (Å²) in [5, 5.41) is 4.28. The van der Waals surface area contributed by atoms with Crippen molar-refractivity contribution in [2.45, 2.75) is 6.54 Å². The van der Waals surface area contributed by atoms with E-state index in [4.69, 9.17) is 0 Å². The molecule has 1 aliphatic rings. The highest BCUT2D eigenvalue weighted by atomic mass is 32.1. The zero-order chi connectivity index (χ0) is 13.8. The number of hydrogen-bond donors (Lipinski definition) is 0. The van der Waals surface area contributed by atoms with E-state index in [2.05, 4.69) is 31.7 Å². The van der Waals surface area contributed by atoms with Crippen LogP contribution < -0.4 is 0 Å². The molecular formula is C14H16N4OS. The molecule has 0 saturated carbocycles. The van der Waals surface area contributed by atoms with Gasteiger partial charge < -0.3 is 4.90 Å². The number of hydrogen-bond acceptors (Lipinski definition) is 5. The lowest BCUT2D eigenvalue weighted by Crippen LogP contribution is -2.48. The highest BCUT2D eigenvalue weighted by Crippen LogP contribution is 2.12. The van der Waals surface area contributed by atoms with E-state index < -0.39 is 0 Å². The fourth-order valence-corrected chi connectivity index (χ4v) is 2.98. The molecular weight excluding hydrogens is 272 g/mol. The zero-order valence-electron chi connectivity index (χ0n) is 11.1. The van der Waals surface area contributed by atoms with Crippen LogP contribution in [0, 0.1) is 0 Å². The monoisotopic (exact) mass is 288 g/mol. The molecule has 1 saturated heterocycles. The maximum absolute atomic E-state index is 12.2. The van der Waals surface area contributed by atoms with E-state index in [9.17, 15) is 4.79 Å². The molecule has 0 aromatic carbocycles. The molecule has 20 heavy (non-hydrogen) atoms. The first-order chi connectivity index (χ1) is 9.83. The Morgan fingerprint density at radius 1 is 1.25 bits per heavy atom. The number of carbonyl (C=O) groups is 1. The first-order valence-corrected chi connectivity index (χ1v) is 7.56. The largest absolute Gasteiger partial charge is 0.335 e. The average molecular weight is 288 g/mol. The van der Waals surface area contributed by atoms with Crippen LogP contribution in [0.4, 0.5) is 0 Å². The van der Waals surface area contributed by atoms with Crippen molar-refractivity contribution in [2.75, 3.05) is 26.2 Å². The van der Waals surface area contributed by atoms with Crippen molar-refractivity contribution >= 4 is 17.2 Å². The van der Waals surface area contributed by atoms with Crippen molar-refractivity contribution in [2.24, 2.45) is 0 Å². The van der Waals surface area contributed by atoms with Crippen molar-refractivity contribution in [3.05, 3.63) is 46.7 Å². The van der Waals surface area contributed by atoms with E-state index in [0.29, 0.717) is 5.69 Å². The Morgan fingerprint density at radius 3 is 2.75 bits per heavy atom. The third kappa shape index (κ3) is 3.02. The highest BCUT2D eigenvalue weighted by Gasteiger charge is 2.22. The lowest BCUT2D eigenvalue weighted by molar-refractivity contribution is 0.0622. The van der Waals surface area contributed by atoms with E-state index in [-0.39, 0.29) is 5.91 Å². The third-order valence-corrected chi connectivity index (χ3v) is 4.16. The number of carbonyl (C=O) groups excluding carboxylic acids is 1. The van der Waals surface area contributed by atoms with Crippen LogP contribution in [0.2, 0.25) is 0 Å². The van der Waals surface area contributed by atoms with Gasteiger partial charge in [-0.1, -0.05) is 0 Å². The summed E-state index contributed by atoms with van der Waals surface area (Å²) >= 11 is 1.72. The van der Waals surface area contributed by atoms with Gasteiger partial charge in [-0.05, 0) is 22.4 Å². The maximum Gasteiger partial charge on any atom is 0.274 e. The van der Waals surface area contributed by atoms with Crippen molar-refractivity contribution in [1.29, 1.82) is 0 Å². The quantitative estimate of drug-likeness (QED) is 0.859. The number of nitrogens with zero attached hydrogens (tertiary/aromatic N) is 4. The van der Waals surface area contributed by atoms with Gasteiger partial charge in [-0.25, -0.2) is 4.98 Å². The van der Waals surface area contributed by atoms with Gasteiger partial charge >= 0.3 is 0 Å². The second kappa shape index (κ2) is 6.11. The maximum atomic E-state index is 12.2. The number of aromatic nitrogens is 2. The van der Waals surface area contributed by atoms with Gasteiger partial charge in [0.2, 0.25) is 0 Å². The van der Waals surface area contributed by atoms with Crippen LogP contribution in [0.1, 0.15) is 16.1 Å². The Balaban J connectivity index is 1.55. The topological polar surface area (TPSA) is 49.3 Å². The van der Waals surface area contributed by atoms with Crippen LogP contribution in [0.15, 0.2) is 35.4 Å². The Kier molecular flexibility index (Phi) is 4.03. The zero-order valence-corrected chi connectivity index (χ0v) is 11.9. The summed E-state index contributed by atoms with van der Waals surface area (Å²) in [5.41, 5.74) is 1.78. The van der Waals surface area contributed by atoms with Crippen molar-refractivity contribution in [1.82, 2.24) is 19.8 Å². The van der Waals surface area contributed by atoms with E-state index in [1.165, 1.54) is 11.8 Å². The van der Waals surface area contributed by atoms with Crippen LogP contribution in [0.3, 0.4) is 0 Å². The molecule has 0 unspecified atom stereocenters. The van der Waals surface area contributed by atoms with Gasteiger partial charge in [-0.3, -0.25) is 14.7 Å². The first-order valence-electron chi connectivity index (χ1n) is 6.61. The second-order valence-corrected chi connectivity index (χ2v) is 5.57. The van der Waals surface area contributed by atoms with Crippen LogP contribution in [-0.2, 0) is 6.54 Å². The van der Waals surface area contributed by atoms with E-state index >= 15 is 0 Å². The molecule has 5 nitrogen and oxygen atoms in total. The summed E-state index contributed by atoms with van der Waals surface area (Å²) in [7, 11) is 0. The minimum Gasteiger partial charge on any atom is -0.335 e. The van der Waals surface area contributed by atoms with Gasteiger partial charge in [-0.2, -0.15) is 11.3 Å². The van der Waals surface area contributed by atoms with Gasteiger partial charge in [-0.15, -0.1) is 0 Å². The third-order valence-electron chi connectivity index (χ3n) is 3.43. The minimum atomic E-state index is -0.0201. The van der Waals surface area contributed by atoms with E-state index in [0.717, 1.165) is 32.7 Å². The molecule has 0 atom stereocenters. The van der Waals surface area contributed by atoms with Gasteiger partial charge in [0.15, 0.2) is 0 Å². The van der Waals surface area contributed by atoms with Gasteiger partial charge in [0.25, 0.3) is 5.91 Å². The minimum absolute atomic E-state index is 0.0201. The molecule has 1 amide bonds. The molecule has 6 heteroatoms. The van der Waals surface area contributed by atoms with Crippen LogP contribution in [-0.4, -0.2) is 51.9 Å². The van der Waals surface area contributed by atoms with Crippen LogP contribution in [0.25, 0.3) is 0 Å². The van der Waals surface area contributed by atoms with Crippen molar-refractivity contribution < 1.29 is 4.79 Å². The van der Waals surface area contributed by atoms with Crippen molar-refractivity contribution in [3.63, 3.8) is 0 Å². The fraction of sp³-hybridized carbons (Fsp3) is 0.357. The molecule has 0 N–H and O–H groups in total. The number of rotatable bonds is 3. The smallest absolute Gasteiger partial charge is 0.274 e. The standard InChI is InChI=1S/C14H16N4OS/c19-14(13-9-15-2-3-16-13)18-6-4-17(5-7-18)10-12-1-8-20-11-12/h1-3,8-9,11H,4-7,10H2. The molecule has 1 aliphatic heterocycles. The molecule has 0 bridgehead atoms. The SMILES string of the molecule is O=C(c1cnccn1)N1CCN(Cc2ccsc2)CC1. The van der Waals surface area contributed by atoms with Gasteiger partial charge in [0, 0.05) is 45.1 Å². The lowest BCUT2D eigenvalue weighted by atomic mass is 10.2. The predicted molar refractivity (Wildman–Crippen MR) is 77.5 cm³/mol. The van der Waals surface area contributed by atoms with E-state index in [1.54, 1.807) is 23.7 Å². The number of thiophene rings is 1. The summed E-state index contributed by atoms with van der Waals surface area (Å²) in [6.45, 7) is 4.28. The Morgan fingerprint density at radius 2 is 2.10 bits per heavy atom. The Labute approximate surface area is 121 Å². The summed E-state index contributed by atoms with van der Waals surface area (Å²) in [5.74, 6) is -0.0201. The summed E-state index contributed by atoms with van der Waals surface area (Å²) in [4.78, 5) is 24.5. The first kappa shape index (κ1) is 13.2. The highest BCUT2D eigenvalue weighted by molar-refractivity contribution is 7.07. The fourth-order valence-electron chi connectivity index (χ4n) is 2.32. The Hall–Kier alpha value is -1.79. The molecule has 0 aliphatic carbocycles. The summed E-state index contributed by atoms with van der Waals surface area (Å²) in [6, 6.07) is 2.15. The normalized spacial score (nSPS) is 16.3. The van der Waals surface area contributed by atoms with Crippen LogP contribution >= 0.6 is 11.3 Å². The van der Waals surface area contributed by atoms with Gasteiger partial charge in [0.05, 0.1) is 6.20 Å². The van der Waals surface area contributed by atoms with Gasteiger partial charge in [0.1, 0.15) is 5.69 Å².